The van der Waals surface area contributed by atoms with Gasteiger partial charge in [-0.1, -0.05) is 34.6 Å². The fourth-order valence-corrected chi connectivity index (χ4v) is 4.06. The molecule has 120 valence electrons. The van der Waals surface area contributed by atoms with Crippen molar-refractivity contribution >= 4 is 8.32 Å². The minimum Gasteiger partial charge on any atom is -0.461 e. The van der Waals surface area contributed by atoms with E-state index in [1.165, 1.54) is 5.56 Å². The van der Waals surface area contributed by atoms with E-state index in [9.17, 15) is 5.11 Å². The number of aliphatic hydroxyl groups excluding tert-OH is 1. The molecule has 0 saturated carbocycles. The summed E-state index contributed by atoms with van der Waals surface area (Å²) in [5, 5.41) is 9.52. The van der Waals surface area contributed by atoms with Crippen LogP contribution in [0.5, 0.6) is 0 Å². The zero-order valence-corrected chi connectivity index (χ0v) is 15.5. The summed E-state index contributed by atoms with van der Waals surface area (Å²) in [4.78, 5) is 0. The molecule has 3 nitrogen and oxygen atoms in total. The van der Waals surface area contributed by atoms with Gasteiger partial charge in [-0.15, -0.1) is 0 Å². The number of hydrogen-bond acceptors (Lipinski definition) is 3. The first kappa shape index (κ1) is 16.8. The molecule has 0 spiro atoms. The van der Waals surface area contributed by atoms with Crippen molar-refractivity contribution in [1.82, 2.24) is 0 Å². The molecule has 1 aromatic heterocycles. The summed E-state index contributed by atoms with van der Waals surface area (Å²) in [5.74, 6) is 1.60. The molecule has 2 rings (SSSR count). The highest BCUT2D eigenvalue weighted by Crippen LogP contribution is 2.48. The van der Waals surface area contributed by atoms with Crippen LogP contribution in [0.2, 0.25) is 18.1 Å². The van der Waals surface area contributed by atoms with Crippen LogP contribution in [-0.2, 0) is 17.5 Å². The molecule has 0 aliphatic heterocycles. The van der Waals surface area contributed by atoms with Crippen molar-refractivity contribution in [3.63, 3.8) is 0 Å². The van der Waals surface area contributed by atoms with Gasteiger partial charge in [0.05, 0.1) is 0 Å². The Hall–Kier alpha value is -0.583. The zero-order valence-electron chi connectivity index (χ0n) is 14.5. The largest absolute Gasteiger partial charge is 0.461 e. The van der Waals surface area contributed by atoms with E-state index in [-0.39, 0.29) is 23.2 Å². The fraction of sp³-hybridized carbons (Fsp3) is 0.765. The van der Waals surface area contributed by atoms with E-state index in [1.54, 1.807) is 0 Å². The predicted molar refractivity (Wildman–Crippen MR) is 87.8 cm³/mol. The van der Waals surface area contributed by atoms with Gasteiger partial charge < -0.3 is 13.9 Å². The van der Waals surface area contributed by atoms with Crippen LogP contribution >= 0.6 is 0 Å². The summed E-state index contributed by atoms with van der Waals surface area (Å²) in [5.41, 5.74) is 1.41. The molecule has 0 bridgehead atoms. The SMILES string of the molecule is CC1(C)Cc2cc(CO)oc2C(O[Si](C)(C)C(C)(C)C)C1. The summed E-state index contributed by atoms with van der Waals surface area (Å²) < 4.78 is 12.5. The highest BCUT2D eigenvalue weighted by molar-refractivity contribution is 6.74. The van der Waals surface area contributed by atoms with Crippen LogP contribution < -0.4 is 0 Å². The molecule has 0 radical (unpaired) electrons. The minimum atomic E-state index is -1.85. The van der Waals surface area contributed by atoms with Gasteiger partial charge in [0.25, 0.3) is 0 Å². The van der Waals surface area contributed by atoms with E-state index >= 15 is 0 Å². The lowest BCUT2D eigenvalue weighted by atomic mass is 9.75. The first-order valence-corrected chi connectivity index (χ1v) is 10.8. The molecule has 1 aromatic rings. The molecule has 1 aliphatic rings. The maximum Gasteiger partial charge on any atom is 0.193 e. The van der Waals surface area contributed by atoms with Crippen LogP contribution in [0.15, 0.2) is 10.5 Å². The quantitative estimate of drug-likeness (QED) is 0.815. The smallest absolute Gasteiger partial charge is 0.193 e. The van der Waals surface area contributed by atoms with Crippen LogP contribution in [0.25, 0.3) is 0 Å². The van der Waals surface area contributed by atoms with E-state index in [4.69, 9.17) is 8.84 Å². The topological polar surface area (TPSA) is 42.6 Å². The van der Waals surface area contributed by atoms with Crippen molar-refractivity contribution in [3.8, 4) is 0 Å². The third kappa shape index (κ3) is 3.43. The Balaban J connectivity index is 2.34. The van der Waals surface area contributed by atoms with E-state index in [1.807, 2.05) is 6.07 Å². The maximum absolute atomic E-state index is 9.34. The van der Waals surface area contributed by atoms with Crippen LogP contribution in [0.3, 0.4) is 0 Å². The molecule has 0 amide bonds. The molecule has 1 atom stereocenters. The summed E-state index contributed by atoms with van der Waals surface area (Å²) in [7, 11) is -1.85. The van der Waals surface area contributed by atoms with Crippen molar-refractivity contribution in [2.45, 2.75) is 78.3 Å². The minimum absolute atomic E-state index is 0.0185. The summed E-state index contributed by atoms with van der Waals surface area (Å²) in [6, 6.07) is 2.00. The predicted octanol–water partition coefficient (Wildman–Crippen LogP) is 4.81. The Labute approximate surface area is 129 Å². The average Bonchev–Trinajstić information content (AvgIpc) is 2.68. The van der Waals surface area contributed by atoms with Gasteiger partial charge in [-0.05, 0) is 48.0 Å². The van der Waals surface area contributed by atoms with E-state index in [0.29, 0.717) is 5.76 Å². The van der Waals surface area contributed by atoms with Gasteiger partial charge in [0.15, 0.2) is 8.32 Å². The molecule has 21 heavy (non-hydrogen) atoms. The summed E-state index contributed by atoms with van der Waals surface area (Å²) >= 11 is 0. The fourth-order valence-electron chi connectivity index (χ4n) is 2.80. The van der Waals surface area contributed by atoms with Crippen molar-refractivity contribution in [3.05, 3.63) is 23.2 Å². The van der Waals surface area contributed by atoms with Crippen molar-refractivity contribution < 1.29 is 13.9 Å². The molecular weight excluding hydrogens is 280 g/mol. The van der Waals surface area contributed by atoms with Gasteiger partial charge in [-0.25, -0.2) is 0 Å². The lowest BCUT2D eigenvalue weighted by Crippen LogP contribution is -2.43. The number of hydrogen-bond donors (Lipinski definition) is 1. The standard InChI is InChI=1S/C17H30O3Si/c1-16(2,3)21(6,7)20-14-10-17(4,5)9-12-8-13(11-18)19-15(12)14/h8,14,18H,9-11H2,1-7H3. The van der Waals surface area contributed by atoms with Crippen LogP contribution in [-0.4, -0.2) is 13.4 Å². The Kier molecular flexibility index (Phi) is 4.20. The Morgan fingerprint density at radius 3 is 2.52 bits per heavy atom. The molecule has 1 heterocycles. The van der Waals surface area contributed by atoms with Gasteiger partial charge in [0, 0.05) is 0 Å². The molecule has 0 fully saturated rings. The molecule has 4 heteroatoms. The summed E-state index contributed by atoms with van der Waals surface area (Å²) in [6.07, 6.45) is 1.98. The molecule has 0 saturated heterocycles. The molecule has 1 N–H and O–H groups in total. The third-order valence-electron chi connectivity index (χ3n) is 4.99. The van der Waals surface area contributed by atoms with Crippen LogP contribution in [0.1, 0.15) is 64.2 Å². The molecule has 1 unspecified atom stereocenters. The molecular formula is C17H30O3Si. The van der Waals surface area contributed by atoms with Gasteiger partial charge in [-0.2, -0.15) is 0 Å². The van der Waals surface area contributed by atoms with Gasteiger partial charge in [-0.3, -0.25) is 0 Å². The zero-order chi connectivity index (χ0) is 16.1. The van der Waals surface area contributed by atoms with Crippen LogP contribution in [0.4, 0.5) is 0 Å². The lowest BCUT2D eigenvalue weighted by molar-refractivity contribution is 0.0838. The second kappa shape index (κ2) is 5.25. The van der Waals surface area contributed by atoms with E-state index in [0.717, 1.165) is 18.6 Å². The van der Waals surface area contributed by atoms with Crippen LogP contribution in [0, 0.1) is 5.41 Å². The van der Waals surface area contributed by atoms with E-state index in [2.05, 4.69) is 47.7 Å². The Bertz CT molecular complexity index is 509. The van der Waals surface area contributed by atoms with Crippen molar-refractivity contribution in [1.29, 1.82) is 0 Å². The Morgan fingerprint density at radius 1 is 1.38 bits per heavy atom. The first-order chi connectivity index (χ1) is 9.45. The van der Waals surface area contributed by atoms with Gasteiger partial charge in [0.1, 0.15) is 24.2 Å². The van der Waals surface area contributed by atoms with E-state index < -0.39 is 8.32 Å². The molecule has 1 aliphatic carbocycles. The van der Waals surface area contributed by atoms with Crippen molar-refractivity contribution in [2.75, 3.05) is 0 Å². The second-order valence-corrected chi connectivity index (χ2v) is 13.4. The highest BCUT2D eigenvalue weighted by atomic mass is 28.4. The lowest BCUT2D eigenvalue weighted by Gasteiger charge is -2.42. The monoisotopic (exact) mass is 310 g/mol. The van der Waals surface area contributed by atoms with Gasteiger partial charge in [0.2, 0.25) is 0 Å². The number of aliphatic hydroxyl groups is 1. The first-order valence-electron chi connectivity index (χ1n) is 7.85. The average molecular weight is 311 g/mol. The Morgan fingerprint density at radius 2 is 2.00 bits per heavy atom. The number of furan rings is 1. The van der Waals surface area contributed by atoms with Crippen molar-refractivity contribution in [2.24, 2.45) is 5.41 Å². The van der Waals surface area contributed by atoms with Gasteiger partial charge >= 0.3 is 0 Å². The number of rotatable bonds is 3. The summed E-state index contributed by atoms with van der Waals surface area (Å²) in [6.45, 7) is 15.9. The molecule has 0 aromatic carbocycles. The maximum atomic E-state index is 9.34. The highest BCUT2D eigenvalue weighted by Gasteiger charge is 2.43. The third-order valence-corrected chi connectivity index (χ3v) is 9.48. The normalized spacial score (nSPS) is 22.2. The second-order valence-electron chi connectivity index (χ2n) is 8.67. The number of fused-ring (bicyclic) bond motifs is 1.